The highest BCUT2D eigenvalue weighted by atomic mass is 32.1. The van der Waals surface area contributed by atoms with Gasteiger partial charge in [0.05, 0.1) is 5.75 Å². The summed E-state index contributed by atoms with van der Waals surface area (Å²) in [4.78, 5) is 36.1. The van der Waals surface area contributed by atoms with Gasteiger partial charge in [-0.3, -0.25) is 9.59 Å². The number of amides is 1. The summed E-state index contributed by atoms with van der Waals surface area (Å²) in [6, 6.07) is 7.76. The van der Waals surface area contributed by atoms with E-state index in [9.17, 15) is 19.5 Å². The number of nitrogens with one attached hydrogen (secondary N) is 1. The number of carbonyl (C=O) groups is 3. The molecule has 4 N–H and O–H groups in total. The molecule has 1 aromatic carbocycles. The minimum absolute atomic E-state index is 0.0121. The molecule has 0 aliphatic heterocycles. The van der Waals surface area contributed by atoms with Gasteiger partial charge in [0.1, 0.15) is 6.04 Å². The van der Waals surface area contributed by atoms with E-state index in [0.717, 1.165) is 5.56 Å². The van der Waals surface area contributed by atoms with Crippen molar-refractivity contribution < 1.29 is 19.5 Å². The largest absolute Gasteiger partial charge is 0.480 e. The van der Waals surface area contributed by atoms with E-state index in [0.29, 0.717) is 0 Å². The second-order valence-electron chi connectivity index (χ2n) is 6.20. The van der Waals surface area contributed by atoms with Gasteiger partial charge in [0.2, 0.25) is 5.91 Å². The van der Waals surface area contributed by atoms with Crippen LogP contribution in [0.1, 0.15) is 25.8 Å². The van der Waals surface area contributed by atoms with E-state index in [1.54, 1.807) is 24.3 Å². The second-order valence-corrected chi connectivity index (χ2v) is 6.52. The number of hydrogen-bond acceptors (Lipinski definition) is 5. The molecule has 0 radical (unpaired) electrons. The predicted molar refractivity (Wildman–Crippen MR) is 94.9 cm³/mol. The van der Waals surface area contributed by atoms with Gasteiger partial charge in [0.15, 0.2) is 11.3 Å². The van der Waals surface area contributed by atoms with Gasteiger partial charge in [-0.15, -0.1) is 0 Å². The van der Waals surface area contributed by atoms with Crippen LogP contribution in [0.15, 0.2) is 30.3 Å². The third-order valence-corrected chi connectivity index (χ3v) is 3.95. The molecule has 7 heteroatoms. The average molecular weight is 352 g/mol. The Balaban J connectivity index is 2.96. The molecular formula is C17H24N2O4S. The number of carbonyl (C=O) groups excluding carboxylic acids is 2. The van der Waals surface area contributed by atoms with Gasteiger partial charge < -0.3 is 16.2 Å². The fourth-order valence-electron chi connectivity index (χ4n) is 2.46. The number of carboxylic acid groups (broad SMARTS) is 1. The van der Waals surface area contributed by atoms with Gasteiger partial charge in [0, 0.05) is 6.42 Å². The number of hydrogen-bond donors (Lipinski definition) is 4. The molecule has 0 spiro atoms. The lowest BCUT2D eigenvalue weighted by atomic mass is 9.85. The molecule has 0 saturated heterocycles. The van der Waals surface area contributed by atoms with Crippen LogP contribution in [0.2, 0.25) is 0 Å². The lowest BCUT2D eigenvalue weighted by Crippen LogP contribution is -2.63. The maximum Gasteiger partial charge on any atom is 0.326 e. The third-order valence-electron chi connectivity index (χ3n) is 3.66. The van der Waals surface area contributed by atoms with Crippen LogP contribution >= 0.6 is 12.6 Å². The first-order chi connectivity index (χ1) is 11.2. The molecule has 24 heavy (non-hydrogen) atoms. The lowest BCUT2D eigenvalue weighted by molar-refractivity contribution is -0.144. The fourth-order valence-corrected chi connectivity index (χ4v) is 2.74. The van der Waals surface area contributed by atoms with E-state index in [1.165, 1.54) is 0 Å². The van der Waals surface area contributed by atoms with Gasteiger partial charge in [-0.1, -0.05) is 44.2 Å². The molecule has 0 aliphatic carbocycles. The Labute approximate surface area is 147 Å². The predicted octanol–water partition coefficient (Wildman–Crippen LogP) is 1.04. The highest BCUT2D eigenvalue weighted by molar-refractivity contribution is 7.81. The van der Waals surface area contributed by atoms with Crippen molar-refractivity contribution in [1.82, 2.24) is 5.32 Å². The highest BCUT2D eigenvalue weighted by Crippen LogP contribution is 2.17. The van der Waals surface area contributed by atoms with Gasteiger partial charge in [0.25, 0.3) is 0 Å². The second kappa shape index (κ2) is 8.84. The van der Waals surface area contributed by atoms with Crippen molar-refractivity contribution in [2.45, 2.75) is 38.3 Å². The number of Topliss-reactive ketones (excluding diaryl/α,β-unsaturated/α-hetero) is 1. The van der Waals surface area contributed by atoms with E-state index < -0.39 is 29.2 Å². The molecule has 0 heterocycles. The minimum Gasteiger partial charge on any atom is -0.480 e. The number of benzene rings is 1. The Hall–Kier alpha value is -1.86. The van der Waals surface area contributed by atoms with Crippen molar-refractivity contribution in [3.63, 3.8) is 0 Å². The number of thiol groups is 1. The van der Waals surface area contributed by atoms with Crippen LogP contribution in [0.4, 0.5) is 0 Å². The minimum atomic E-state index is -1.78. The Bertz CT molecular complexity index is 592. The standard InChI is InChI=1S/C17H24N2O4S/c1-11(2)9-17(18,14(20)10-24)16(23)19-13(15(21)22)8-12-6-4-3-5-7-12/h3-7,11,13,24H,8-10,18H2,1-2H3,(H,19,23)(H,21,22)/t13-,17+/m0/s1. The summed E-state index contributed by atoms with van der Waals surface area (Å²) in [5, 5.41) is 11.8. The van der Waals surface area contributed by atoms with Crippen molar-refractivity contribution in [1.29, 1.82) is 0 Å². The molecule has 1 rings (SSSR count). The summed E-state index contributed by atoms with van der Waals surface area (Å²) >= 11 is 3.91. The molecule has 132 valence electrons. The number of rotatable bonds is 9. The first-order valence-electron chi connectivity index (χ1n) is 7.71. The molecule has 0 unspecified atom stereocenters. The number of ketones is 1. The summed E-state index contributed by atoms with van der Waals surface area (Å²) in [7, 11) is 0. The lowest BCUT2D eigenvalue weighted by Gasteiger charge is -2.29. The van der Waals surface area contributed by atoms with E-state index in [2.05, 4.69) is 17.9 Å². The van der Waals surface area contributed by atoms with Crippen molar-refractivity contribution >= 4 is 30.3 Å². The first-order valence-corrected chi connectivity index (χ1v) is 8.34. The molecule has 0 saturated carbocycles. The van der Waals surface area contributed by atoms with E-state index in [4.69, 9.17) is 5.73 Å². The average Bonchev–Trinajstić information content (AvgIpc) is 2.53. The smallest absolute Gasteiger partial charge is 0.326 e. The Morgan fingerprint density at radius 2 is 1.83 bits per heavy atom. The van der Waals surface area contributed by atoms with Gasteiger partial charge in [-0.05, 0) is 17.9 Å². The third kappa shape index (κ3) is 5.35. The van der Waals surface area contributed by atoms with Crippen LogP contribution in [0.5, 0.6) is 0 Å². The molecule has 0 aromatic heterocycles. The molecular weight excluding hydrogens is 328 g/mol. The Kier molecular flexibility index (Phi) is 7.44. The normalized spacial score (nSPS) is 14.7. The summed E-state index contributed by atoms with van der Waals surface area (Å²) < 4.78 is 0. The molecule has 2 atom stereocenters. The molecule has 0 fully saturated rings. The highest BCUT2D eigenvalue weighted by Gasteiger charge is 2.42. The molecule has 1 amide bonds. The number of aliphatic carboxylic acids is 1. The molecule has 1 aromatic rings. The quantitative estimate of drug-likeness (QED) is 0.392. The van der Waals surface area contributed by atoms with Crippen molar-refractivity contribution in [3.8, 4) is 0 Å². The zero-order valence-electron chi connectivity index (χ0n) is 13.9. The SMILES string of the molecule is CC(C)C[C@@](N)(C(=O)CS)C(=O)N[C@@H](Cc1ccccc1)C(=O)O. The summed E-state index contributed by atoms with van der Waals surface area (Å²) in [5.41, 5.74) is 5.02. The zero-order chi connectivity index (χ0) is 18.3. The van der Waals surface area contributed by atoms with Crippen molar-refractivity contribution in [2.24, 2.45) is 11.7 Å². The topological polar surface area (TPSA) is 109 Å². The first kappa shape index (κ1) is 20.2. The van der Waals surface area contributed by atoms with Crippen LogP contribution < -0.4 is 11.1 Å². The Morgan fingerprint density at radius 1 is 1.25 bits per heavy atom. The fraction of sp³-hybridized carbons (Fsp3) is 0.471. The van der Waals surface area contributed by atoms with E-state index >= 15 is 0 Å². The summed E-state index contributed by atoms with van der Waals surface area (Å²) in [5.74, 6) is -2.69. The summed E-state index contributed by atoms with van der Waals surface area (Å²) in [6.07, 6.45) is 0.227. The van der Waals surface area contributed by atoms with Gasteiger partial charge >= 0.3 is 5.97 Å². The Morgan fingerprint density at radius 3 is 2.29 bits per heavy atom. The monoisotopic (exact) mass is 352 g/mol. The van der Waals surface area contributed by atoms with Crippen molar-refractivity contribution in [2.75, 3.05) is 5.75 Å². The maximum absolute atomic E-state index is 12.6. The van der Waals surface area contributed by atoms with Crippen LogP contribution in [0.3, 0.4) is 0 Å². The number of carboxylic acids is 1. The van der Waals surface area contributed by atoms with Gasteiger partial charge in [-0.25, -0.2) is 4.79 Å². The van der Waals surface area contributed by atoms with Crippen LogP contribution in [-0.2, 0) is 20.8 Å². The summed E-state index contributed by atoms with van der Waals surface area (Å²) in [6.45, 7) is 3.67. The molecule has 0 bridgehead atoms. The van der Waals surface area contributed by atoms with E-state index in [1.807, 2.05) is 19.9 Å². The van der Waals surface area contributed by atoms with E-state index in [-0.39, 0.29) is 24.5 Å². The molecule has 6 nitrogen and oxygen atoms in total. The maximum atomic E-state index is 12.6. The van der Waals surface area contributed by atoms with Crippen LogP contribution in [0.25, 0.3) is 0 Å². The number of nitrogens with two attached hydrogens (primary N) is 1. The van der Waals surface area contributed by atoms with Crippen LogP contribution in [0, 0.1) is 5.92 Å². The van der Waals surface area contributed by atoms with Crippen molar-refractivity contribution in [3.05, 3.63) is 35.9 Å². The molecule has 0 aliphatic rings. The van der Waals surface area contributed by atoms with Crippen LogP contribution in [-0.4, -0.2) is 40.1 Å². The zero-order valence-corrected chi connectivity index (χ0v) is 14.8. The van der Waals surface area contributed by atoms with Gasteiger partial charge in [-0.2, -0.15) is 12.6 Å².